The summed E-state index contributed by atoms with van der Waals surface area (Å²) in [6, 6.07) is 19.3. The average molecular weight is 438 g/mol. The molecular formula is C25H28ClN3O2. The molecule has 0 unspecified atom stereocenters. The van der Waals surface area contributed by atoms with Crippen LogP contribution in [0, 0.1) is 0 Å². The van der Waals surface area contributed by atoms with Crippen molar-refractivity contribution in [3.63, 3.8) is 0 Å². The molecule has 3 aromatic rings. The first-order valence-electron chi connectivity index (χ1n) is 10.9. The lowest BCUT2D eigenvalue weighted by molar-refractivity contribution is 0.0960. The number of hydrogen-bond donors (Lipinski definition) is 1. The van der Waals surface area contributed by atoms with Crippen LogP contribution in [0.1, 0.15) is 30.3 Å². The Hall–Kier alpha value is -2.76. The number of unbranched alkanes of at least 4 members (excludes halogenated alkanes) is 1. The van der Waals surface area contributed by atoms with Gasteiger partial charge >= 0.3 is 0 Å². The van der Waals surface area contributed by atoms with E-state index in [0.717, 1.165) is 50.3 Å². The minimum Gasteiger partial charge on any atom is -0.451 e. The summed E-state index contributed by atoms with van der Waals surface area (Å²) in [5, 5.41) is 4.04. The van der Waals surface area contributed by atoms with E-state index in [2.05, 4.69) is 29.3 Å². The highest BCUT2D eigenvalue weighted by molar-refractivity contribution is 6.30. The number of carbonyl (C=O) groups is 1. The van der Waals surface area contributed by atoms with Crippen LogP contribution in [0.4, 0.5) is 11.4 Å². The number of furan rings is 1. The van der Waals surface area contributed by atoms with E-state index in [1.807, 2.05) is 47.4 Å². The van der Waals surface area contributed by atoms with E-state index >= 15 is 0 Å². The van der Waals surface area contributed by atoms with Gasteiger partial charge in [-0.3, -0.25) is 4.79 Å². The molecule has 0 atom stereocenters. The van der Waals surface area contributed by atoms with Gasteiger partial charge in [0.25, 0.3) is 5.91 Å². The molecule has 2 heterocycles. The van der Waals surface area contributed by atoms with E-state index in [1.54, 1.807) is 6.07 Å². The predicted octanol–water partition coefficient (Wildman–Crippen LogP) is 5.46. The molecule has 6 heteroatoms. The van der Waals surface area contributed by atoms with E-state index in [-0.39, 0.29) is 5.91 Å². The minimum absolute atomic E-state index is 0.122. The van der Waals surface area contributed by atoms with Gasteiger partial charge in [0.05, 0.1) is 0 Å². The summed E-state index contributed by atoms with van der Waals surface area (Å²) in [6.45, 7) is 6.77. The molecule has 1 aliphatic rings. The van der Waals surface area contributed by atoms with Crippen LogP contribution >= 0.6 is 11.6 Å². The van der Waals surface area contributed by atoms with Crippen LogP contribution in [0.3, 0.4) is 0 Å². The number of benzene rings is 2. The molecule has 0 aliphatic carbocycles. The Morgan fingerprint density at radius 2 is 1.74 bits per heavy atom. The molecule has 1 fully saturated rings. The smallest absolute Gasteiger partial charge is 0.293 e. The van der Waals surface area contributed by atoms with E-state index in [1.165, 1.54) is 5.69 Å². The molecule has 1 amide bonds. The average Bonchev–Trinajstić information content (AvgIpc) is 3.31. The maximum atomic E-state index is 13.3. The van der Waals surface area contributed by atoms with Crippen LogP contribution in [0.2, 0.25) is 5.02 Å². The number of anilines is 2. The summed E-state index contributed by atoms with van der Waals surface area (Å²) in [7, 11) is 0. The van der Waals surface area contributed by atoms with Gasteiger partial charge in [-0.2, -0.15) is 0 Å². The van der Waals surface area contributed by atoms with E-state index in [9.17, 15) is 4.79 Å². The summed E-state index contributed by atoms with van der Waals surface area (Å²) in [4.78, 5) is 17.5. The molecule has 31 heavy (non-hydrogen) atoms. The third-order valence-electron chi connectivity index (χ3n) is 5.57. The van der Waals surface area contributed by atoms with Gasteiger partial charge in [-0.15, -0.1) is 0 Å². The normalized spacial score (nSPS) is 13.9. The summed E-state index contributed by atoms with van der Waals surface area (Å²) in [5.74, 6) is 0.875. The zero-order valence-electron chi connectivity index (χ0n) is 17.8. The maximum Gasteiger partial charge on any atom is 0.293 e. The van der Waals surface area contributed by atoms with Gasteiger partial charge in [-0.1, -0.05) is 24.9 Å². The largest absolute Gasteiger partial charge is 0.451 e. The number of halogens is 1. The van der Waals surface area contributed by atoms with Gasteiger partial charge in [-0.25, -0.2) is 0 Å². The second kappa shape index (κ2) is 10.0. The maximum absolute atomic E-state index is 13.3. The first kappa shape index (κ1) is 21.5. The third kappa shape index (κ3) is 5.12. The summed E-state index contributed by atoms with van der Waals surface area (Å²) in [5.41, 5.74) is 2.97. The topological polar surface area (TPSA) is 48.7 Å². The fourth-order valence-electron chi connectivity index (χ4n) is 3.79. The van der Waals surface area contributed by atoms with Crippen LogP contribution in [-0.4, -0.2) is 38.6 Å². The molecule has 0 saturated carbocycles. The molecular weight excluding hydrogens is 410 g/mol. The molecule has 1 N–H and O–H groups in total. The van der Waals surface area contributed by atoms with Crippen LogP contribution in [0.5, 0.6) is 0 Å². The standard InChI is InChI=1S/C25H28ClN3O2/c1-2-3-16-29(22-10-8-21(9-11-22)28-17-14-27-15-18-28)25(30)24-13-12-23(31-24)19-4-6-20(26)7-5-19/h4-13,27H,2-3,14-18H2,1H3. The van der Waals surface area contributed by atoms with Crippen LogP contribution in [0.25, 0.3) is 11.3 Å². The SMILES string of the molecule is CCCCN(C(=O)c1ccc(-c2ccc(Cl)cc2)o1)c1ccc(N2CCNCC2)cc1. The summed E-state index contributed by atoms with van der Waals surface area (Å²) in [6.07, 6.45) is 1.94. The van der Waals surface area contributed by atoms with E-state index in [4.69, 9.17) is 16.0 Å². The number of nitrogens with one attached hydrogen (secondary N) is 1. The van der Waals surface area contributed by atoms with E-state index < -0.39 is 0 Å². The highest BCUT2D eigenvalue weighted by Gasteiger charge is 2.21. The Labute approximate surface area is 188 Å². The third-order valence-corrected chi connectivity index (χ3v) is 5.82. The molecule has 0 bridgehead atoms. The molecule has 0 spiro atoms. The van der Waals surface area contributed by atoms with Crippen molar-refractivity contribution in [3.05, 3.63) is 71.4 Å². The lowest BCUT2D eigenvalue weighted by atomic mass is 10.2. The molecule has 1 aromatic heterocycles. The fourth-order valence-corrected chi connectivity index (χ4v) is 3.91. The van der Waals surface area contributed by atoms with Crippen molar-refractivity contribution in [1.29, 1.82) is 0 Å². The molecule has 4 rings (SSSR count). The molecule has 2 aromatic carbocycles. The molecule has 0 radical (unpaired) electrons. The van der Waals surface area contributed by atoms with Gasteiger partial charge in [0.2, 0.25) is 0 Å². The zero-order valence-corrected chi connectivity index (χ0v) is 18.6. The lowest BCUT2D eigenvalue weighted by Crippen LogP contribution is -2.43. The van der Waals surface area contributed by atoms with Crippen molar-refractivity contribution in [2.75, 3.05) is 42.5 Å². The lowest BCUT2D eigenvalue weighted by Gasteiger charge is -2.30. The Balaban J connectivity index is 1.54. The highest BCUT2D eigenvalue weighted by Crippen LogP contribution is 2.27. The molecule has 1 saturated heterocycles. The van der Waals surface area contributed by atoms with Crippen molar-refractivity contribution >= 4 is 28.9 Å². The van der Waals surface area contributed by atoms with Crippen molar-refractivity contribution in [3.8, 4) is 11.3 Å². The Bertz CT molecular complexity index is 992. The van der Waals surface area contributed by atoms with Crippen molar-refractivity contribution in [1.82, 2.24) is 5.32 Å². The minimum atomic E-state index is -0.122. The predicted molar refractivity (Wildman–Crippen MR) is 127 cm³/mol. The fraction of sp³-hybridized carbons (Fsp3) is 0.320. The van der Waals surface area contributed by atoms with Crippen LogP contribution in [0.15, 0.2) is 65.1 Å². The molecule has 162 valence electrons. The second-order valence-electron chi connectivity index (χ2n) is 7.73. The number of hydrogen-bond acceptors (Lipinski definition) is 4. The quantitative estimate of drug-likeness (QED) is 0.533. The molecule has 1 aliphatic heterocycles. The molecule has 5 nitrogen and oxygen atoms in total. The second-order valence-corrected chi connectivity index (χ2v) is 8.17. The number of carbonyl (C=O) groups excluding carboxylic acids is 1. The Morgan fingerprint density at radius 3 is 2.42 bits per heavy atom. The zero-order chi connectivity index (χ0) is 21.6. The van der Waals surface area contributed by atoms with Gasteiger partial charge in [0, 0.05) is 54.7 Å². The van der Waals surface area contributed by atoms with Gasteiger partial charge in [0.15, 0.2) is 5.76 Å². The first-order valence-corrected chi connectivity index (χ1v) is 11.3. The summed E-state index contributed by atoms with van der Waals surface area (Å²) >= 11 is 5.98. The number of piperazine rings is 1. The number of nitrogens with zero attached hydrogens (tertiary/aromatic N) is 2. The van der Waals surface area contributed by atoms with Crippen LogP contribution < -0.4 is 15.1 Å². The Kier molecular flexibility index (Phi) is 6.95. The Morgan fingerprint density at radius 1 is 1.03 bits per heavy atom. The van der Waals surface area contributed by atoms with Crippen molar-refractivity contribution < 1.29 is 9.21 Å². The van der Waals surface area contributed by atoms with Gasteiger partial charge in [-0.05, 0) is 67.1 Å². The van der Waals surface area contributed by atoms with Crippen LogP contribution in [-0.2, 0) is 0 Å². The summed E-state index contributed by atoms with van der Waals surface area (Å²) < 4.78 is 5.92. The van der Waals surface area contributed by atoms with Gasteiger partial charge < -0.3 is 19.5 Å². The van der Waals surface area contributed by atoms with Crippen molar-refractivity contribution in [2.45, 2.75) is 19.8 Å². The number of amides is 1. The first-order chi connectivity index (χ1) is 15.2. The monoisotopic (exact) mass is 437 g/mol. The highest BCUT2D eigenvalue weighted by atomic mass is 35.5. The number of rotatable bonds is 7. The van der Waals surface area contributed by atoms with Gasteiger partial charge in [0.1, 0.15) is 5.76 Å². The van der Waals surface area contributed by atoms with Crippen molar-refractivity contribution in [2.24, 2.45) is 0 Å². The van der Waals surface area contributed by atoms with E-state index in [0.29, 0.717) is 23.1 Å².